The Hall–Kier alpha value is -2.14. The molecule has 20 heavy (non-hydrogen) atoms. The molecule has 0 aliphatic carbocycles. The lowest BCUT2D eigenvalue weighted by Gasteiger charge is -2.22. The third-order valence-corrected chi connectivity index (χ3v) is 3.33. The minimum Gasteiger partial charge on any atom is -0.368 e. The van der Waals surface area contributed by atoms with Gasteiger partial charge in [0.15, 0.2) is 0 Å². The molecule has 0 bridgehead atoms. The molecule has 2 rings (SSSR count). The Balaban J connectivity index is 2.31. The average Bonchev–Trinajstić information content (AvgIpc) is 2.62. The number of rotatable bonds is 4. The van der Waals surface area contributed by atoms with Crippen molar-refractivity contribution in [2.75, 3.05) is 6.54 Å². The Bertz CT molecular complexity index is 525. The highest BCUT2D eigenvalue weighted by atomic mass is 16.2. The van der Waals surface area contributed by atoms with E-state index in [1.54, 1.807) is 6.92 Å². The molecule has 1 aliphatic heterocycles. The zero-order valence-electron chi connectivity index (χ0n) is 11.4. The summed E-state index contributed by atoms with van der Waals surface area (Å²) in [4.78, 5) is 23.4. The number of hydrogen-bond acceptors (Lipinski definition) is 3. The van der Waals surface area contributed by atoms with Gasteiger partial charge in [-0.2, -0.15) is 0 Å². The van der Waals surface area contributed by atoms with E-state index in [1.165, 1.54) is 0 Å². The molecule has 1 aromatic carbocycles. The molecule has 1 aromatic rings. The van der Waals surface area contributed by atoms with E-state index in [0.717, 1.165) is 17.6 Å². The van der Waals surface area contributed by atoms with Crippen molar-refractivity contribution in [2.45, 2.75) is 25.4 Å². The molecule has 0 radical (unpaired) electrons. The first kappa shape index (κ1) is 14.3. The van der Waals surface area contributed by atoms with Crippen molar-refractivity contribution >= 4 is 17.4 Å². The molecule has 0 fully saturated rings. The summed E-state index contributed by atoms with van der Waals surface area (Å²) in [5.74, 6) is -0.611. The van der Waals surface area contributed by atoms with E-state index in [2.05, 4.69) is 10.6 Å². The Labute approximate surface area is 118 Å². The number of nitrogens with two attached hydrogens (primary N) is 1. The Kier molecular flexibility index (Phi) is 4.53. The van der Waals surface area contributed by atoms with Crippen LogP contribution in [-0.2, 0) is 9.59 Å². The van der Waals surface area contributed by atoms with Gasteiger partial charge >= 0.3 is 0 Å². The minimum absolute atomic E-state index is 0.134. The zero-order valence-corrected chi connectivity index (χ0v) is 11.4. The van der Waals surface area contributed by atoms with Crippen LogP contribution in [0.15, 0.2) is 36.4 Å². The summed E-state index contributed by atoms with van der Waals surface area (Å²) in [5.41, 5.74) is 7.12. The van der Waals surface area contributed by atoms with Gasteiger partial charge in [0.05, 0.1) is 6.04 Å². The van der Waals surface area contributed by atoms with Gasteiger partial charge in [-0.1, -0.05) is 36.4 Å². The van der Waals surface area contributed by atoms with Crippen LogP contribution in [0.5, 0.6) is 0 Å². The second kappa shape index (κ2) is 6.34. The predicted octanol–water partition coefficient (Wildman–Crippen LogP) is 0.422. The fourth-order valence-corrected chi connectivity index (χ4v) is 2.20. The van der Waals surface area contributed by atoms with E-state index in [0.29, 0.717) is 6.54 Å². The highest BCUT2D eigenvalue weighted by Gasteiger charge is 2.27. The van der Waals surface area contributed by atoms with Gasteiger partial charge in [0, 0.05) is 6.54 Å². The lowest BCUT2D eigenvalue weighted by molar-refractivity contribution is -0.122. The number of benzene rings is 1. The largest absolute Gasteiger partial charge is 0.368 e. The molecule has 0 aromatic heterocycles. The number of hydrogen-bond donors (Lipinski definition) is 3. The van der Waals surface area contributed by atoms with Crippen molar-refractivity contribution in [1.29, 1.82) is 0 Å². The Morgan fingerprint density at radius 2 is 2.10 bits per heavy atom. The van der Waals surface area contributed by atoms with Crippen LogP contribution in [0.1, 0.15) is 18.9 Å². The minimum atomic E-state index is -0.573. The van der Waals surface area contributed by atoms with Gasteiger partial charge in [0.25, 0.3) is 0 Å². The average molecular weight is 273 g/mol. The first-order chi connectivity index (χ1) is 9.59. The van der Waals surface area contributed by atoms with Crippen LogP contribution in [0.4, 0.5) is 0 Å². The first-order valence-corrected chi connectivity index (χ1v) is 6.68. The van der Waals surface area contributed by atoms with Crippen LogP contribution in [0.25, 0.3) is 5.57 Å². The van der Waals surface area contributed by atoms with Gasteiger partial charge in [-0.3, -0.25) is 14.9 Å². The van der Waals surface area contributed by atoms with Gasteiger partial charge in [0.1, 0.15) is 6.04 Å². The maximum Gasteiger partial charge on any atom is 0.241 e. The molecule has 5 nitrogen and oxygen atoms in total. The number of nitrogens with one attached hydrogen (secondary N) is 2. The van der Waals surface area contributed by atoms with Gasteiger partial charge in [0.2, 0.25) is 11.8 Å². The van der Waals surface area contributed by atoms with Gasteiger partial charge in [-0.15, -0.1) is 0 Å². The van der Waals surface area contributed by atoms with Crippen LogP contribution in [0.2, 0.25) is 0 Å². The summed E-state index contributed by atoms with van der Waals surface area (Å²) < 4.78 is 0. The van der Waals surface area contributed by atoms with E-state index in [1.807, 2.05) is 36.4 Å². The van der Waals surface area contributed by atoms with E-state index < -0.39 is 18.0 Å². The van der Waals surface area contributed by atoms with Crippen LogP contribution < -0.4 is 16.4 Å². The van der Waals surface area contributed by atoms with Crippen molar-refractivity contribution in [1.82, 2.24) is 10.6 Å². The molecule has 0 spiro atoms. The molecular formula is C15H19N3O2. The molecule has 0 unspecified atom stereocenters. The molecule has 106 valence electrons. The normalized spacial score (nSPS) is 20.6. The lowest BCUT2D eigenvalue weighted by Crippen LogP contribution is -2.51. The fourth-order valence-electron chi connectivity index (χ4n) is 2.20. The second-order valence-corrected chi connectivity index (χ2v) is 4.83. The molecule has 2 amide bonds. The zero-order chi connectivity index (χ0) is 14.5. The molecule has 0 saturated carbocycles. The topological polar surface area (TPSA) is 84.2 Å². The van der Waals surface area contributed by atoms with Crippen LogP contribution in [0.3, 0.4) is 0 Å². The number of carbonyl (C=O) groups excluding carboxylic acids is 2. The quantitative estimate of drug-likeness (QED) is 0.743. The predicted molar refractivity (Wildman–Crippen MR) is 77.6 cm³/mol. The summed E-state index contributed by atoms with van der Waals surface area (Å²) in [6, 6.07) is 8.54. The molecule has 1 heterocycles. The highest BCUT2D eigenvalue weighted by molar-refractivity contribution is 5.97. The standard InChI is InChI=1S/C15H19N3O2/c1-10(14(16)19)18-13-12(8-5-9-17-15(13)20)11-6-3-2-4-7-11/h2-4,6-8,10,13,18H,5,9H2,1H3,(H2,16,19)(H,17,20)/t10-,13-/m0/s1. The van der Waals surface area contributed by atoms with E-state index in [-0.39, 0.29) is 5.91 Å². The van der Waals surface area contributed by atoms with E-state index >= 15 is 0 Å². The summed E-state index contributed by atoms with van der Waals surface area (Å²) in [6.07, 6.45) is 2.79. The molecule has 2 atom stereocenters. The monoisotopic (exact) mass is 273 g/mol. The summed E-state index contributed by atoms with van der Waals surface area (Å²) in [5, 5.41) is 5.83. The van der Waals surface area contributed by atoms with Crippen LogP contribution in [0, 0.1) is 0 Å². The van der Waals surface area contributed by atoms with E-state index in [4.69, 9.17) is 5.73 Å². The van der Waals surface area contributed by atoms with Crippen molar-refractivity contribution < 1.29 is 9.59 Å². The van der Waals surface area contributed by atoms with Crippen molar-refractivity contribution in [3.63, 3.8) is 0 Å². The maximum atomic E-state index is 12.2. The SMILES string of the molecule is C[C@H](N[C@@H]1C(=O)NCCC=C1c1ccccc1)C(N)=O. The first-order valence-electron chi connectivity index (χ1n) is 6.68. The molecule has 5 heteroatoms. The summed E-state index contributed by atoms with van der Waals surface area (Å²) in [7, 11) is 0. The Morgan fingerprint density at radius 3 is 2.75 bits per heavy atom. The number of carbonyl (C=O) groups is 2. The summed E-state index contributed by atoms with van der Waals surface area (Å²) in [6.45, 7) is 2.25. The van der Waals surface area contributed by atoms with Gasteiger partial charge < -0.3 is 11.1 Å². The molecule has 0 saturated heterocycles. The molecule has 4 N–H and O–H groups in total. The highest BCUT2D eigenvalue weighted by Crippen LogP contribution is 2.21. The van der Waals surface area contributed by atoms with E-state index in [9.17, 15) is 9.59 Å². The van der Waals surface area contributed by atoms with Crippen molar-refractivity contribution in [2.24, 2.45) is 5.73 Å². The van der Waals surface area contributed by atoms with Crippen LogP contribution >= 0.6 is 0 Å². The van der Waals surface area contributed by atoms with Crippen LogP contribution in [-0.4, -0.2) is 30.4 Å². The molecule has 1 aliphatic rings. The fraction of sp³-hybridized carbons (Fsp3) is 0.333. The summed E-state index contributed by atoms with van der Waals surface area (Å²) >= 11 is 0. The third-order valence-electron chi connectivity index (χ3n) is 3.33. The smallest absolute Gasteiger partial charge is 0.241 e. The van der Waals surface area contributed by atoms with Crippen molar-refractivity contribution in [3.05, 3.63) is 42.0 Å². The lowest BCUT2D eigenvalue weighted by atomic mass is 9.97. The molecular weight excluding hydrogens is 254 g/mol. The third kappa shape index (κ3) is 3.24. The Morgan fingerprint density at radius 1 is 1.40 bits per heavy atom. The van der Waals surface area contributed by atoms with Gasteiger partial charge in [-0.05, 0) is 24.5 Å². The number of amides is 2. The van der Waals surface area contributed by atoms with Gasteiger partial charge in [-0.25, -0.2) is 0 Å². The second-order valence-electron chi connectivity index (χ2n) is 4.83. The number of primary amides is 1. The van der Waals surface area contributed by atoms with Crippen molar-refractivity contribution in [3.8, 4) is 0 Å². The maximum absolute atomic E-state index is 12.2.